The molecule has 1 heterocycles. The van der Waals surface area contributed by atoms with Crippen LogP contribution in [0.2, 0.25) is 0 Å². The molecule has 17 heavy (non-hydrogen) atoms. The number of carbonyl (C=O) groups excluding carboxylic acids is 2. The Morgan fingerprint density at radius 3 is 2.65 bits per heavy atom. The second-order valence-corrected chi connectivity index (χ2v) is 5.10. The minimum Gasteiger partial charge on any atom is -0.469 e. The molecule has 1 aliphatic heterocycles. The van der Waals surface area contributed by atoms with E-state index < -0.39 is 5.41 Å². The fourth-order valence-corrected chi connectivity index (χ4v) is 1.86. The molecule has 5 nitrogen and oxygen atoms in total. The molecule has 0 aromatic heterocycles. The van der Waals surface area contributed by atoms with Crippen molar-refractivity contribution in [2.24, 2.45) is 5.41 Å². The average Bonchev–Trinajstić information content (AvgIpc) is 2.36. The van der Waals surface area contributed by atoms with Crippen molar-refractivity contribution in [2.45, 2.75) is 39.2 Å². The summed E-state index contributed by atoms with van der Waals surface area (Å²) in [6, 6.07) is -0.114. The molecule has 0 saturated carbocycles. The zero-order chi connectivity index (χ0) is 12.9. The molecule has 1 aliphatic rings. The molecular formula is C12H22N2O3. The molecule has 1 amide bonds. The predicted octanol–water partition coefficient (Wildman–Crippen LogP) is 0.444. The molecule has 0 aliphatic carbocycles. The van der Waals surface area contributed by atoms with E-state index in [1.165, 1.54) is 7.11 Å². The lowest BCUT2D eigenvalue weighted by Crippen LogP contribution is -2.49. The SMILES string of the molecule is COC(=O)C(C)(C)CNC(=O)C1CCCCN1. The zero-order valence-corrected chi connectivity index (χ0v) is 10.8. The van der Waals surface area contributed by atoms with E-state index in [4.69, 9.17) is 0 Å². The number of amides is 1. The maximum Gasteiger partial charge on any atom is 0.313 e. The van der Waals surface area contributed by atoms with Crippen LogP contribution in [0.1, 0.15) is 33.1 Å². The maximum absolute atomic E-state index is 11.8. The lowest BCUT2D eigenvalue weighted by molar-refractivity contribution is -0.150. The van der Waals surface area contributed by atoms with Crippen LogP contribution in [0.5, 0.6) is 0 Å². The van der Waals surface area contributed by atoms with Crippen LogP contribution in [0.25, 0.3) is 0 Å². The molecule has 0 aromatic rings. The third kappa shape index (κ3) is 4.00. The Labute approximate surface area is 102 Å². The first-order chi connectivity index (χ1) is 7.97. The minimum atomic E-state index is -0.681. The first-order valence-corrected chi connectivity index (χ1v) is 6.07. The molecular weight excluding hydrogens is 220 g/mol. The maximum atomic E-state index is 11.8. The fraction of sp³-hybridized carbons (Fsp3) is 0.833. The molecule has 1 saturated heterocycles. The van der Waals surface area contributed by atoms with E-state index >= 15 is 0 Å². The van der Waals surface area contributed by atoms with E-state index in [9.17, 15) is 9.59 Å². The first-order valence-electron chi connectivity index (χ1n) is 6.07. The van der Waals surface area contributed by atoms with Crippen molar-refractivity contribution < 1.29 is 14.3 Å². The van der Waals surface area contributed by atoms with Crippen LogP contribution >= 0.6 is 0 Å². The summed E-state index contributed by atoms with van der Waals surface area (Å²) in [5.41, 5.74) is -0.681. The van der Waals surface area contributed by atoms with Gasteiger partial charge in [-0.2, -0.15) is 0 Å². The average molecular weight is 242 g/mol. The summed E-state index contributed by atoms with van der Waals surface area (Å²) in [6.07, 6.45) is 3.06. The van der Waals surface area contributed by atoms with Gasteiger partial charge in [0.1, 0.15) is 0 Å². The van der Waals surface area contributed by atoms with Crippen molar-refractivity contribution in [3.63, 3.8) is 0 Å². The predicted molar refractivity (Wildman–Crippen MR) is 64.4 cm³/mol. The summed E-state index contributed by atoms with van der Waals surface area (Å²) in [4.78, 5) is 23.3. The highest BCUT2D eigenvalue weighted by atomic mass is 16.5. The number of carbonyl (C=O) groups is 2. The van der Waals surface area contributed by atoms with Crippen LogP contribution in [0.15, 0.2) is 0 Å². The summed E-state index contributed by atoms with van der Waals surface area (Å²) >= 11 is 0. The molecule has 5 heteroatoms. The number of piperidine rings is 1. The third-order valence-electron chi connectivity index (χ3n) is 3.07. The quantitative estimate of drug-likeness (QED) is 0.702. The standard InChI is InChI=1S/C12H22N2O3/c1-12(2,11(16)17-3)8-14-10(15)9-6-4-5-7-13-9/h9,13H,4-8H2,1-3H3,(H,14,15). The van der Waals surface area contributed by atoms with Crippen LogP contribution in [-0.2, 0) is 14.3 Å². The van der Waals surface area contributed by atoms with Gasteiger partial charge in [-0.3, -0.25) is 9.59 Å². The summed E-state index contributed by atoms with van der Waals surface area (Å²) in [6.45, 7) is 4.70. The molecule has 1 unspecified atom stereocenters. The van der Waals surface area contributed by atoms with E-state index in [0.717, 1.165) is 25.8 Å². The van der Waals surface area contributed by atoms with E-state index in [1.54, 1.807) is 13.8 Å². The van der Waals surface area contributed by atoms with Gasteiger partial charge in [0.15, 0.2) is 0 Å². The molecule has 0 bridgehead atoms. The van der Waals surface area contributed by atoms with Gasteiger partial charge >= 0.3 is 5.97 Å². The molecule has 2 N–H and O–H groups in total. The second kappa shape index (κ2) is 6.00. The summed E-state index contributed by atoms with van der Waals surface area (Å²) in [7, 11) is 1.36. The van der Waals surface area contributed by atoms with Crippen LogP contribution in [-0.4, -0.2) is 38.1 Å². The highest BCUT2D eigenvalue weighted by molar-refractivity contribution is 5.83. The van der Waals surface area contributed by atoms with Gasteiger partial charge in [-0.1, -0.05) is 6.42 Å². The topological polar surface area (TPSA) is 67.4 Å². The number of methoxy groups -OCH3 is 1. The van der Waals surface area contributed by atoms with Crippen molar-refractivity contribution in [2.75, 3.05) is 20.2 Å². The number of hydrogen-bond acceptors (Lipinski definition) is 4. The first kappa shape index (κ1) is 14.0. The molecule has 1 atom stereocenters. The van der Waals surface area contributed by atoms with Crippen LogP contribution in [0.4, 0.5) is 0 Å². The van der Waals surface area contributed by atoms with Gasteiger partial charge in [-0.15, -0.1) is 0 Å². The summed E-state index contributed by atoms with van der Waals surface area (Å²) in [5.74, 6) is -0.337. The second-order valence-electron chi connectivity index (χ2n) is 5.10. The van der Waals surface area contributed by atoms with Gasteiger partial charge in [0.05, 0.1) is 18.6 Å². The highest BCUT2D eigenvalue weighted by Gasteiger charge is 2.30. The molecule has 98 valence electrons. The van der Waals surface area contributed by atoms with E-state index in [0.29, 0.717) is 6.54 Å². The van der Waals surface area contributed by atoms with Crippen molar-refractivity contribution in [1.82, 2.24) is 10.6 Å². The number of nitrogens with one attached hydrogen (secondary N) is 2. The lowest BCUT2D eigenvalue weighted by Gasteiger charge is -2.26. The van der Waals surface area contributed by atoms with Crippen LogP contribution < -0.4 is 10.6 Å². The van der Waals surface area contributed by atoms with E-state index in [2.05, 4.69) is 15.4 Å². The van der Waals surface area contributed by atoms with Gasteiger partial charge in [0.2, 0.25) is 5.91 Å². The number of rotatable bonds is 4. The molecule has 1 rings (SSSR count). The zero-order valence-electron chi connectivity index (χ0n) is 10.8. The molecule has 1 fully saturated rings. The minimum absolute atomic E-state index is 0.0262. The van der Waals surface area contributed by atoms with Gasteiger partial charge in [0, 0.05) is 6.54 Å². The largest absolute Gasteiger partial charge is 0.469 e. The highest BCUT2D eigenvalue weighted by Crippen LogP contribution is 2.15. The van der Waals surface area contributed by atoms with Crippen molar-refractivity contribution >= 4 is 11.9 Å². The van der Waals surface area contributed by atoms with Crippen molar-refractivity contribution in [1.29, 1.82) is 0 Å². The monoisotopic (exact) mass is 242 g/mol. The van der Waals surface area contributed by atoms with Gasteiger partial charge in [-0.05, 0) is 33.2 Å². The Morgan fingerprint density at radius 2 is 2.12 bits per heavy atom. The number of hydrogen-bond donors (Lipinski definition) is 2. The van der Waals surface area contributed by atoms with Crippen molar-refractivity contribution in [3.8, 4) is 0 Å². The van der Waals surface area contributed by atoms with E-state index in [-0.39, 0.29) is 17.9 Å². The van der Waals surface area contributed by atoms with Gasteiger partial charge < -0.3 is 15.4 Å². The summed E-state index contributed by atoms with van der Waals surface area (Å²) in [5, 5.41) is 5.98. The lowest BCUT2D eigenvalue weighted by atomic mass is 9.93. The molecule has 0 spiro atoms. The smallest absolute Gasteiger partial charge is 0.313 e. The van der Waals surface area contributed by atoms with E-state index in [1.807, 2.05) is 0 Å². The Kier molecular flexibility index (Phi) is 4.93. The Morgan fingerprint density at radius 1 is 1.41 bits per heavy atom. The molecule has 0 radical (unpaired) electrons. The Hall–Kier alpha value is -1.10. The number of esters is 1. The van der Waals surface area contributed by atoms with Crippen LogP contribution in [0, 0.1) is 5.41 Å². The molecule has 0 aromatic carbocycles. The fourth-order valence-electron chi connectivity index (χ4n) is 1.86. The summed E-state index contributed by atoms with van der Waals surface area (Å²) < 4.78 is 4.69. The third-order valence-corrected chi connectivity index (χ3v) is 3.07. The Bertz CT molecular complexity index is 283. The van der Waals surface area contributed by atoms with Gasteiger partial charge in [0.25, 0.3) is 0 Å². The van der Waals surface area contributed by atoms with Crippen LogP contribution in [0.3, 0.4) is 0 Å². The Balaban J connectivity index is 2.39. The normalized spacial score (nSPS) is 20.8. The number of ether oxygens (including phenoxy) is 1. The van der Waals surface area contributed by atoms with Gasteiger partial charge in [-0.25, -0.2) is 0 Å². The van der Waals surface area contributed by atoms with Crippen molar-refractivity contribution in [3.05, 3.63) is 0 Å².